The second-order valence-corrected chi connectivity index (χ2v) is 6.65. The number of hydrogen-bond acceptors (Lipinski definition) is 4. The first-order valence-electron chi connectivity index (χ1n) is 8.32. The molecule has 3 aromatic carbocycles. The summed E-state index contributed by atoms with van der Waals surface area (Å²) in [5.74, 6) is 1.68. The Balaban J connectivity index is 1.63. The normalized spacial score (nSPS) is 10.4. The molecule has 4 nitrogen and oxygen atoms in total. The molecule has 0 aliphatic rings. The van der Waals surface area contributed by atoms with Gasteiger partial charge in [0.25, 0.3) is 0 Å². The summed E-state index contributed by atoms with van der Waals surface area (Å²) in [5.41, 5.74) is 9.56. The zero-order chi connectivity index (χ0) is 18.2. The van der Waals surface area contributed by atoms with E-state index < -0.39 is 0 Å². The lowest BCUT2D eigenvalue weighted by Crippen LogP contribution is -2.21. The molecule has 0 bridgehead atoms. The number of hydrazine groups is 1. The third-order valence-corrected chi connectivity index (χ3v) is 4.33. The quantitative estimate of drug-likeness (QED) is 0.501. The lowest BCUT2D eigenvalue weighted by Gasteiger charge is -2.14. The summed E-state index contributed by atoms with van der Waals surface area (Å²) in [6.07, 6.45) is 0. The number of hydrogen-bond donors (Lipinski definition) is 2. The number of methoxy groups -OCH3 is 1. The summed E-state index contributed by atoms with van der Waals surface area (Å²) in [4.78, 5) is 0. The minimum absolute atomic E-state index is 0.484. The Kier molecular flexibility index (Phi) is 6.52. The Bertz CT molecular complexity index is 840. The first-order valence-corrected chi connectivity index (χ1v) is 9.12. The van der Waals surface area contributed by atoms with Gasteiger partial charge < -0.3 is 14.9 Å². The average Bonchev–Trinajstić information content (AvgIpc) is 2.68. The number of ether oxygens (including phenoxy) is 2. The van der Waals surface area contributed by atoms with E-state index in [2.05, 4.69) is 32.8 Å². The Morgan fingerprint density at radius 3 is 2.58 bits per heavy atom. The lowest BCUT2D eigenvalue weighted by molar-refractivity contribution is 0.301. The van der Waals surface area contributed by atoms with E-state index in [1.165, 1.54) is 0 Å². The van der Waals surface area contributed by atoms with Crippen LogP contribution in [-0.4, -0.2) is 7.11 Å². The van der Waals surface area contributed by atoms with E-state index in [9.17, 15) is 0 Å². The third kappa shape index (κ3) is 5.25. The molecule has 0 fully saturated rings. The zero-order valence-corrected chi connectivity index (χ0v) is 16.1. The van der Waals surface area contributed by atoms with Crippen LogP contribution in [0.4, 0.5) is 5.69 Å². The molecule has 5 heteroatoms. The predicted octanol–water partition coefficient (Wildman–Crippen LogP) is 5.15. The summed E-state index contributed by atoms with van der Waals surface area (Å²) in [6, 6.07) is 23.9. The van der Waals surface area contributed by atoms with Gasteiger partial charge in [-0.3, -0.25) is 0 Å². The van der Waals surface area contributed by atoms with Crippen molar-refractivity contribution in [2.24, 2.45) is 0 Å². The van der Waals surface area contributed by atoms with Crippen LogP contribution in [0.5, 0.6) is 11.5 Å². The molecule has 3 aromatic rings. The predicted molar refractivity (Wildman–Crippen MR) is 108 cm³/mol. The summed E-state index contributed by atoms with van der Waals surface area (Å²) < 4.78 is 12.3. The number of nitrogens with one attached hydrogen (secondary N) is 2. The summed E-state index contributed by atoms with van der Waals surface area (Å²) >= 11 is 3.53. The molecule has 3 rings (SSSR count). The highest BCUT2D eigenvalue weighted by atomic mass is 79.9. The summed E-state index contributed by atoms with van der Waals surface area (Å²) in [5, 5.41) is 0. The first kappa shape index (κ1) is 18.3. The Morgan fingerprint density at radius 2 is 1.77 bits per heavy atom. The van der Waals surface area contributed by atoms with Crippen molar-refractivity contribution in [3.63, 3.8) is 0 Å². The molecule has 134 valence electrons. The van der Waals surface area contributed by atoms with Gasteiger partial charge in [-0.15, -0.1) is 0 Å². The fraction of sp³-hybridized carbons (Fsp3) is 0.143. The van der Waals surface area contributed by atoms with Crippen LogP contribution in [0, 0.1) is 0 Å². The first-order chi connectivity index (χ1) is 12.7. The van der Waals surface area contributed by atoms with Crippen molar-refractivity contribution in [1.29, 1.82) is 0 Å². The topological polar surface area (TPSA) is 42.5 Å². The van der Waals surface area contributed by atoms with Crippen LogP contribution in [0.2, 0.25) is 0 Å². The van der Waals surface area contributed by atoms with Gasteiger partial charge >= 0.3 is 0 Å². The van der Waals surface area contributed by atoms with Crippen molar-refractivity contribution in [3.8, 4) is 11.5 Å². The Morgan fingerprint density at radius 1 is 0.923 bits per heavy atom. The summed E-state index contributed by atoms with van der Waals surface area (Å²) in [6.45, 7) is 1.11. The fourth-order valence-corrected chi connectivity index (χ4v) is 2.92. The molecule has 26 heavy (non-hydrogen) atoms. The number of halogens is 1. The molecule has 0 heterocycles. The molecule has 0 spiro atoms. The maximum atomic E-state index is 6.04. The van der Waals surface area contributed by atoms with E-state index in [0.29, 0.717) is 13.2 Å². The van der Waals surface area contributed by atoms with Crippen LogP contribution in [0.3, 0.4) is 0 Å². The highest BCUT2D eigenvalue weighted by molar-refractivity contribution is 9.10. The fourth-order valence-electron chi connectivity index (χ4n) is 2.51. The van der Waals surface area contributed by atoms with Crippen molar-refractivity contribution >= 4 is 21.6 Å². The molecule has 0 aliphatic carbocycles. The standard InChI is InChI=1S/C21H21BrN2O2/c1-25-20-9-5-6-16(12-20)15-26-21-11-10-18(22)13-17(21)14-23-24-19-7-3-2-4-8-19/h2-13,23-24H,14-15H2,1H3. The molecule has 0 aliphatic heterocycles. The maximum Gasteiger partial charge on any atom is 0.124 e. The van der Waals surface area contributed by atoms with Crippen molar-refractivity contribution in [3.05, 3.63) is 88.4 Å². The van der Waals surface area contributed by atoms with E-state index in [0.717, 1.165) is 32.8 Å². The van der Waals surface area contributed by atoms with E-state index in [1.807, 2.05) is 66.7 Å². The number of rotatable bonds is 8. The monoisotopic (exact) mass is 412 g/mol. The van der Waals surface area contributed by atoms with Gasteiger partial charge in [-0.1, -0.05) is 46.3 Å². The number of benzene rings is 3. The van der Waals surface area contributed by atoms with Gasteiger partial charge in [-0.05, 0) is 48.0 Å². The molecule has 0 saturated heterocycles. The molecular formula is C21H21BrN2O2. The van der Waals surface area contributed by atoms with Crippen molar-refractivity contribution in [2.75, 3.05) is 12.5 Å². The van der Waals surface area contributed by atoms with Crippen LogP contribution >= 0.6 is 15.9 Å². The van der Waals surface area contributed by atoms with E-state index in [1.54, 1.807) is 7.11 Å². The van der Waals surface area contributed by atoms with E-state index >= 15 is 0 Å². The minimum atomic E-state index is 0.484. The molecule has 0 aromatic heterocycles. The van der Waals surface area contributed by atoms with Gasteiger partial charge in [0, 0.05) is 22.3 Å². The molecule has 2 N–H and O–H groups in total. The van der Waals surface area contributed by atoms with Crippen LogP contribution in [0.1, 0.15) is 11.1 Å². The molecule has 0 radical (unpaired) electrons. The second kappa shape index (κ2) is 9.27. The molecule has 0 atom stereocenters. The van der Waals surface area contributed by atoms with Crippen LogP contribution < -0.4 is 20.3 Å². The van der Waals surface area contributed by atoms with Gasteiger partial charge in [-0.25, -0.2) is 5.43 Å². The molecule has 0 amide bonds. The van der Waals surface area contributed by atoms with Crippen molar-refractivity contribution in [2.45, 2.75) is 13.2 Å². The molecule has 0 saturated carbocycles. The van der Waals surface area contributed by atoms with Gasteiger partial charge in [0.1, 0.15) is 18.1 Å². The van der Waals surface area contributed by atoms with E-state index in [-0.39, 0.29) is 0 Å². The van der Waals surface area contributed by atoms with Crippen molar-refractivity contribution < 1.29 is 9.47 Å². The Labute approximate surface area is 162 Å². The number of anilines is 1. The minimum Gasteiger partial charge on any atom is -0.497 e. The maximum absolute atomic E-state index is 6.04. The van der Waals surface area contributed by atoms with Gasteiger partial charge in [0.2, 0.25) is 0 Å². The zero-order valence-electron chi connectivity index (χ0n) is 14.5. The van der Waals surface area contributed by atoms with Crippen LogP contribution in [0.15, 0.2) is 77.3 Å². The van der Waals surface area contributed by atoms with Crippen LogP contribution in [-0.2, 0) is 13.2 Å². The number of para-hydroxylation sites is 1. The molecular weight excluding hydrogens is 392 g/mol. The largest absolute Gasteiger partial charge is 0.497 e. The summed E-state index contributed by atoms with van der Waals surface area (Å²) in [7, 11) is 1.66. The smallest absolute Gasteiger partial charge is 0.124 e. The lowest BCUT2D eigenvalue weighted by atomic mass is 10.2. The van der Waals surface area contributed by atoms with Crippen molar-refractivity contribution in [1.82, 2.24) is 5.43 Å². The highest BCUT2D eigenvalue weighted by Crippen LogP contribution is 2.24. The SMILES string of the molecule is COc1cccc(COc2ccc(Br)cc2CNNc2ccccc2)c1. The second-order valence-electron chi connectivity index (χ2n) is 5.74. The van der Waals surface area contributed by atoms with Gasteiger partial charge in [0.05, 0.1) is 7.11 Å². The third-order valence-electron chi connectivity index (χ3n) is 3.84. The van der Waals surface area contributed by atoms with E-state index in [4.69, 9.17) is 9.47 Å². The molecule has 0 unspecified atom stereocenters. The average molecular weight is 413 g/mol. The van der Waals surface area contributed by atoms with Gasteiger partial charge in [-0.2, -0.15) is 0 Å². The highest BCUT2D eigenvalue weighted by Gasteiger charge is 2.06. The van der Waals surface area contributed by atoms with Crippen LogP contribution in [0.25, 0.3) is 0 Å². The Hall–Kier alpha value is -2.50. The van der Waals surface area contributed by atoms with Gasteiger partial charge in [0.15, 0.2) is 0 Å².